The zero-order valence-corrected chi connectivity index (χ0v) is 18.8. The molecule has 0 aliphatic heterocycles. The summed E-state index contributed by atoms with van der Waals surface area (Å²) in [5.74, 6) is 1.68. The maximum Gasteiger partial charge on any atom is 0.118 e. The summed E-state index contributed by atoms with van der Waals surface area (Å²) in [6.45, 7) is 6.45. The Labute approximate surface area is 184 Å². The molecule has 0 aliphatic carbocycles. The molecule has 0 N–H and O–H groups in total. The van der Waals surface area contributed by atoms with E-state index in [0.717, 1.165) is 46.1 Å². The second kappa shape index (κ2) is 8.68. The molecule has 4 nitrogen and oxygen atoms in total. The van der Waals surface area contributed by atoms with E-state index in [2.05, 4.69) is 67.9 Å². The highest BCUT2D eigenvalue weighted by Crippen LogP contribution is 2.36. The standard InChI is InChI=1S/C27H28N2O2/c1-6-25-26(20-8-13-23(30-4)14-9-20)28-29(22-12-7-18(2)19(3)17-22)27(25)21-10-15-24(31-5)16-11-21/h7-17H,6H2,1-5H3. The Hall–Kier alpha value is -3.53. The summed E-state index contributed by atoms with van der Waals surface area (Å²) >= 11 is 0. The van der Waals surface area contributed by atoms with Gasteiger partial charge in [0.15, 0.2) is 0 Å². The first-order valence-corrected chi connectivity index (χ1v) is 10.5. The van der Waals surface area contributed by atoms with Crippen LogP contribution >= 0.6 is 0 Å². The molecule has 4 rings (SSSR count). The van der Waals surface area contributed by atoms with Crippen LogP contribution < -0.4 is 9.47 Å². The van der Waals surface area contributed by atoms with Crippen molar-refractivity contribution in [2.45, 2.75) is 27.2 Å². The van der Waals surface area contributed by atoms with E-state index in [-0.39, 0.29) is 0 Å². The number of aryl methyl sites for hydroxylation is 2. The van der Waals surface area contributed by atoms with E-state index in [1.165, 1.54) is 16.7 Å². The minimum Gasteiger partial charge on any atom is -0.497 e. The van der Waals surface area contributed by atoms with Gasteiger partial charge in [-0.2, -0.15) is 5.10 Å². The molecule has 31 heavy (non-hydrogen) atoms. The lowest BCUT2D eigenvalue weighted by atomic mass is 9.99. The quantitative estimate of drug-likeness (QED) is 0.367. The largest absolute Gasteiger partial charge is 0.497 e. The summed E-state index contributed by atoms with van der Waals surface area (Å²) in [4.78, 5) is 0. The van der Waals surface area contributed by atoms with Crippen LogP contribution in [-0.4, -0.2) is 24.0 Å². The number of nitrogens with zero attached hydrogens (tertiary/aromatic N) is 2. The lowest BCUT2D eigenvalue weighted by molar-refractivity contribution is 0.414. The minimum atomic E-state index is 0.839. The molecule has 0 saturated heterocycles. The maximum absolute atomic E-state index is 5.37. The van der Waals surface area contributed by atoms with Crippen molar-refractivity contribution in [1.82, 2.24) is 9.78 Å². The second-order valence-corrected chi connectivity index (χ2v) is 7.67. The van der Waals surface area contributed by atoms with Gasteiger partial charge in [0.2, 0.25) is 0 Å². The van der Waals surface area contributed by atoms with E-state index in [1.54, 1.807) is 14.2 Å². The normalized spacial score (nSPS) is 10.9. The number of aromatic nitrogens is 2. The molecule has 1 aromatic heterocycles. The zero-order chi connectivity index (χ0) is 22.0. The lowest BCUT2D eigenvalue weighted by Gasteiger charge is -2.12. The van der Waals surface area contributed by atoms with Crippen molar-refractivity contribution in [2.24, 2.45) is 0 Å². The van der Waals surface area contributed by atoms with Gasteiger partial charge in [-0.25, -0.2) is 4.68 Å². The summed E-state index contributed by atoms with van der Waals surface area (Å²) < 4.78 is 12.8. The van der Waals surface area contributed by atoms with Gasteiger partial charge in [0.25, 0.3) is 0 Å². The van der Waals surface area contributed by atoms with Crippen molar-refractivity contribution in [3.05, 3.63) is 83.4 Å². The van der Waals surface area contributed by atoms with Gasteiger partial charge in [0.05, 0.1) is 31.3 Å². The Morgan fingerprint density at radius 1 is 0.742 bits per heavy atom. The molecule has 0 radical (unpaired) electrons. The van der Waals surface area contributed by atoms with Crippen molar-refractivity contribution in [3.8, 4) is 39.7 Å². The molecule has 0 atom stereocenters. The predicted octanol–water partition coefficient (Wildman–Crippen LogP) is 6.40. The molecule has 0 fully saturated rings. The van der Waals surface area contributed by atoms with Crippen LogP contribution in [0.1, 0.15) is 23.6 Å². The van der Waals surface area contributed by atoms with E-state index in [0.29, 0.717) is 0 Å². The Morgan fingerprint density at radius 3 is 1.84 bits per heavy atom. The van der Waals surface area contributed by atoms with Gasteiger partial charge in [-0.1, -0.05) is 13.0 Å². The molecule has 4 heteroatoms. The number of ether oxygens (including phenoxy) is 2. The predicted molar refractivity (Wildman–Crippen MR) is 126 cm³/mol. The second-order valence-electron chi connectivity index (χ2n) is 7.67. The Balaban J connectivity index is 1.96. The van der Waals surface area contributed by atoms with E-state index in [1.807, 2.05) is 24.3 Å². The number of methoxy groups -OCH3 is 2. The zero-order valence-electron chi connectivity index (χ0n) is 18.8. The number of benzene rings is 3. The minimum absolute atomic E-state index is 0.839. The van der Waals surface area contributed by atoms with Crippen LogP contribution in [0.5, 0.6) is 11.5 Å². The Morgan fingerprint density at radius 2 is 1.32 bits per heavy atom. The summed E-state index contributed by atoms with van der Waals surface area (Å²) in [5.41, 5.74) is 9.09. The van der Waals surface area contributed by atoms with Crippen LogP contribution in [0.4, 0.5) is 0 Å². The first-order chi connectivity index (χ1) is 15.0. The molecule has 0 spiro atoms. The summed E-state index contributed by atoms with van der Waals surface area (Å²) in [7, 11) is 3.37. The van der Waals surface area contributed by atoms with Gasteiger partial charge in [0.1, 0.15) is 11.5 Å². The van der Waals surface area contributed by atoms with Crippen LogP contribution in [0.15, 0.2) is 66.7 Å². The molecular formula is C27H28N2O2. The SMILES string of the molecule is CCc1c(-c2ccc(OC)cc2)nn(-c2ccc(C)c(C)c2)c1-c1ccc(OC)cc1. The number of hydrogen-bond acceptors (Lipinski definition) is 3. The van der Waals surface area contributed by atoms with Crippen molar-refractivity contribution >= 4 is 0 Å². The highest BCUT2D eigenvalue weighted by molar-refractivity contribution is 5.76. The van der Waals surface area contributed by atoms with Crippen LogP contribution in [-0.2, 0) is 6.42 Å². The third-order valence-corrected chi connectivity index (χ3v) is 5.80. The monoisotopic (exact) mass is 412 g/mol. The summed E-state index contributed by atoms with van der Waals surface area (Å²) in [5, 5.41) is 5.11. The first kappa shape index (κ1) is 20.7. The molecule has 0 amide bonds. The molecule has 3 aromatic carbocycles. The van der Waals surface area contributed by atoms with Gasteiger partial charge < -0.3 is 9.47 Å². The maximum atomic E-state index is 5.37. The van der Waals surface area contributed by atoms with Gasteiger partial charge in [-0.15, -0.1) is 0 Å². The number of rotatable bonds is 6. The van der Waals surface area contributed by atoms with Gasteiger partial charge in [-0.3, -0.25) is 0 Å². The van der Waals surface area contributed by atoms with Gasteiger partial charge in [0, 0.05) is 16.7 Å². The third-order valence-electron chi connectivity index (χ3n) is 5.80. The summed E-state index contributed by atoms with van der Waals surface area (Å²) in [6.07, 6.45) is 0.869. The Kier molecular flexibility index (Phi) is 5.81. The van der Waals surface area contributed by atoms with Gasteiger partial charge >= 0.3 is 0 Å². The fourth-order valence-corrected chi connectivity index (χ4v) is 3.86. The third kappa shape index (κ3) is 3.93. The number of hydrogen-bond donors (Lipinski definition) is 0. The molecule has 0 aliphatic rings. The van der Waals surface area contributed by atoms with E-state index < -0.39 is 0 Å². The average molecular weight is 413 g/mol. The van der Waals surface area contributed by atoms with Crippen LogP contribution in [0.25, 0.3) is 28.2 Å². The van der Waals surface area contributed by atoms with Crippen molar-refractivity contribution < 1.29 is 9.47 Å². The smallest absolute Gasteiger partial charge is 0.118 e. The van der Waals surface area contributed by atoms with Crippen molar-refractivity contribution in [3.63, 3.8) is 0 Å². The molecule has 1 heterocycles. The highest BCUT2D eigenvalue weighted by Gasteiger charge is 2.21. The van der Waals surface area contributed by atoms with E-state index in [4.69, 9.17) is 14.6 Å². The Bertz CT molecular complexity index is 1190. The first-order valence-electron chi connectivity index (χ1n) is 10.5. The summed E-state index contributed by atoms with van der Waals surface area (Å²) in [6, 6.07) is 22.8. The topological polar surface area (TPSA) is 36.3 Å². The molecule has 0 unspecified atom stereocenters. The molecular weight excluding hydrogens is 384 g/mol. The highest BCUT2D eigenvalue weighted by atomic mass is 16.5. The molecule has 0 bridgehead atoms. The molecule has 158 valence electrons. The fourth-order valence-electron chi connectivity index (χ4n) is 3.86. The van der Waals surface area contributed by atoms with Crippen molar-refractivity contribution in [1.29, 1.82) is 0 Å². The van der Waals surface area contributed by atoms with Crippen LogP contribution in [0.3, 0.4) is 0 Å². The van der Waals surface area contributed by atoms with Crippen molar-refractivity contribution in [2.75, 3.05) is 14.2 Å². The van der Waals surface area contributed by atoms with E-state index in [9.17, 15) is 0 Å². The lowest BCUT2D eigenvalue weighted by Crippen LogP contribution is -2.01. The van der Waals surface area contributed by atoms with Gasteiger partial charge in [-0.05, 0) is 92.1 Å². The fraction of sp³-hybridized carbons (Fsp3) is 0.222. The van der Waals surface area contributed by atoms with Crippen LogP contribution in [0.2, 0.25) is 0 Å². The molecule has 0 saturated carbocycles. The van der Waals surface area contributed by atoms with E-state index >= 15 is 0 Å². The van der Waals surface area contributed by atoms with Crippen LogP contribution in [0, 0.1) is 13.8 Å². The average Bonchev–Trinajstić information content (AvgIpc) is 3.20. The molecule has 4 aromatic rings.